The Hall–Kier alpha value is -3.84. The highest BCUT2D eigenvalue weighted by Crippen LogP contribution is 2.47. The molecule has 6 aliphatic heterocycles. The standard InChI is InChI=1S/C32H32F3N7O3/c1-15-27-20-6-4-18(37-20)13-42(27)28-23-26(39-31(40-28)44-14-32-8-2-10-41(32)12-17(33)11-32)24(35)25(38-30(23)45-15)22-19(34)5-3-16-7-9-36-29(43)21(16)22/h3,5,7,9,15,17-18,20-21,27,37H,2,4,6,8,10-14H2,1H3/t15-,17+,18+,20-,21?,27+,32-/m0/s1. The molecule has 0 radical (unpaired) electrons. The number of dihydropyridines is 1. The van der Waals surface area contributed by atoms with Crippen molar-refractivity contribution in [3.8, 4) is 11.9 Å². The van der Waals surface area contributed by atoms with E-state index in [1.54, 1.807) is 6.08 Å². The summed E-state index contributed by atoms with van der Waals surface area (Å²) in [5.74, 6) is -2.93. The topological polar surface area (TPSA) is 105 Å². The van der Waals surface area contributed by atoms with E-state index in [9.17, 15) is 9.18 Å². The minimum Gasteiger partial charge on any atom is -0.472 e. The van der Waals surface area contributed by atoms with Crippen LogP contribution < -0.4 is 19.7 Å². The summed E-state index contributed by atoms with van der Waals surface area (Å²) in [4.78, 5) is 35.1. The van der Waals surface area contributed by atoms with Crippen LogP contribution in [0.2, 0.25) is 0 Å². The van der Waals surface area contributed by atoms with Crippen LogP contribution in [0.1, 0.15) is 44.7 Å². The Bertz CT molecular complexity index is 1780. The molecule has 0 aromatic carbocycles. The first-order valence-electron chi connectivity index (χ1n) is 15.8. The van der Waals surface area contributed by atoms with E-state index in [-0.39, 0.29) is 64.9 Å². The number of ether oxygens (including phenoxy) is 2. The Morgan fingerprint density at radius 3 is 2.96 bits per heavy atom. The Labute approximate surface area is 257 Å². The number of fused-ring (bicyclic) bond motifs is 7. The van der Waals surface area contributed by atoms with Crippen molar-refractivity contribution < 1.29 is 27.4 Å². The lowest BCUT2D eigenvalue weighted by Crippen LogP contribution is -2.62. The van der Waals surface area contributed by atoms with Crippen LogP contribution in [-0.4, -0.2) is 94.2 Å². The van der Waals surface area contributed by atoms with Crippen molar-refractivity contribution in [3.63, 3.8) is 0 Å². The van der Waals surface area contributed by atoms with E-state index >= 15 is 8.78 Å². The number of carbonyl (C=O) groups is 1. The molecular weight excluding hydrogens is 587 g/mol. The van der Waals surface area contributed by atoms with Crippen LogP contribution in [0.25, 0.3) is 16.5 Å². The number of aromatic nitrogens is 3. The molecule has 2 aromatic heterocycles. The fourth-order valence-electron chi connectivity index (χ4n) is 8.78. The number of anilines is 1. The first-order valence-corrected chi connectivity index (χ1v) is 15.8. The van der Waals surface area contributed by atoms with Crippen LogP contribution in [0.3, 0.4) is 0 Å². The SMILES string of the molecule is C[C@@H]1Oc2nc(C3=C(F)C=CC4=CC=NC(=O)C43)c(F)c3nc(OC[C@@]45CCCN4C[C@H](F)C5)nc(c23)N2C[C@H]3CC[C@H](N3)[C@@H]12. The van der Waals surface area contributed by atoms with Gasteiger partial charge in [-0.3, -0.25) is 9.69 Å². The van der Waals surface area contributed by atoms with Gasteiger partial charge in [0, 0.05) is 43.4 Å². The summed E-state index contributed by atoms with van der Waals surface area (Å²) >= 11 is 0. The zero-order valence-corrected chi connectivity index (χ0v) is 24.7. The van der Waals surface area contributed by atoms with Gasteiger partial charge in [-0.25, -0.2) is 23.1 Å². The molecule has 1 N–H and O–H groups in total. The Balaban J connectivity index is 1.22. The van der Waals surface area contributed by atoms with Crippen LogP contribution in [0, 0.1) is 11.7 Å². The van der Waals surface area contributed by atoms with Gasteiger partial charge in [-0.2, -0.15) is 9.97 Å². The lowest BCUT2D eigenvalue weighted by molar-refractivity contribution is -0.119. The van der Waals surface area contributed by atoms with E-state index in [0.29, 0.717) is 30.9 Å². The highest BCUT2D eigenvalue weighted by molar-refractivity contribution is 6.06. The number of piperazine rings is 1. The first kappa shape index (κ1) is 27.5. The maximum Gasteiger partial charge on any atom is 0.319 e. The molecule has 1 aliphatic carbocycles. The molecular formula is C32H32F3N7O3. The van der Waals surface area contributed by atoms with Crippen molar-refractivity contribution in [3.05, 3.63) is 41.1 Å². The van der Waals surface area contributed by atoms with Gasteiger partial charge >= 0.3 is 6.01 Å². The van der Waals surface area contributed by atoms with Crippen molar-refractivity contribution in [2.75, 3.05) is 31.1 Å². The summed E-state index contributed by atoms with van der Waals surface area (Å²) in [6.07, 6.45) is 8.38. The van der Waals surface area contributed by atoms with Crippen molar-refractivity contribution in [1.29, 1.82) is 0 Å². The van der Waals surface area contributed by atoms with Gasteiger partial charge in [0.1, 0.15) is 47.1 Å². The lowest BCUT2D eigenvalue weighted by Gasteiger charge is -2.42. The molecule has 1 amide bonds. The summed E-state index contributed by atoms with van der Waals surface area (Å²) in [5, 5.41) is 3.95. The highest BCUT2D eigenvalue weighted by Gasteiger charge is 2.50. The van der Waals surface area contributed by atoms with Crippen molar-refractivity contribution in [2.45, 2.75) is 75.0 Å². The zero-order chi connectivity index (χ0) is 30.6. The Kier molecular flexibility index (Phi) is 6.00. The van der Waals surface area contributed by atoms with Gasteiger partial charge in [-0.15, -0.1) is 0 Å². The lowest BCUT2D eigenvalue weighted by atomic mass is 9.82. The van der Waals surface area contributed by atoms with E-state index in [0.717, 1.165) is 32.2 Å². The van der Waals surface area contributed by atoms with E-state index < -0.39 is 35.2 Å². The van der Waals surface area contributed by atoms with Crippen LogP contribution in [-0.2, 0) is 4.79 Å². The Morgan fingerprint density at radius 2 is 2.07 bits per heavy atom. The third-order valence-electron chi connectivity index (χ3n) is 10.7. The molecule has 13 heteroatoms. The molecule has 4 fully saturated rings. The normalized spacial score (nSPS) is 34.9. The molecule has 9 rings (SSSR count). The van der Waals surface area contributed by atoms with E-state index in [1.165, 1.54) is 18.4 Å². The maximum absolute atomic E-state index is 16.9. The highest BCUT2D eigenvalue weighted by atomic mass is 19.1. The monoisotopic (exact) mass is 619 g/mol. The smallest absolute Gasteiger partial charge is 0.319 e. The molecule has 8 heterocycles. The van der Waals surface area contributed by atoms with Gasteiger partial charge in [0.05, 0.1) is 17.5 Å². The van der Waals surface area contributed by atoms with E-state index in [2.05, 4.69) is 30.1 Å². The fourth-order valence-corrected chi connectivity index (χ4v) is 8.78. The zero-order valence-electron chi connectivity index (χ0n) is 24.7. The van der Waals surface area contributed by atoms with Gasteiger partial charge in [-0.1, -0.05) is 6.08 Å². The summed E-state index contributed by atoms with van der Waals surface area (Å²) < 4.78 is 59.7. The molecule has 7 aliphatic rings. The number of rotatable bonds is 4. The number of hydrogen-bond acceptors (Lipinski definition) is 9. The molecule has 4 saturated heterocycles. The second-order valence-electron chi connectivity index (χ2n) is 13.3. The summed E-state index contributed by atoms with van der Waals surface area (Å²) in [6, 6.07) is 0.165. The number of nitrogens with one attached hydrogen (secondary N) is 1. The number of hydrogen-bond donors (Lipinski definition) is 1. The number of nitrogens with zero attached hydrogens (tertiary/aromatic N) is 6. The largest absolute Gasteiger partial charge is 0.472 e. The second-order valence-corrected chi connectivity index (χ2v) is 13.3. The summed E-state index contributed by atoms with van der Waals surface area (Å²) in [7, 11) is 0. The number of halogens is 3. The number of alkyl halides is 1. The molecule has 45 heavy (non-hydrogen) atoms. The number of carbonyl (C=O) groups excluding carboxylic acids is 1. The predicted octanol–water partition coefficient (Wildman–Crippen LogP) is 3.61. The molecule has 0 spiro atoms. The molecule has 0 saturated carbocycles. The molecule has 7 atom stereocenters. The van der Waals surface area contributed by atoms with Crippen molar-refractivity contribution in [2.24, 2.45) is 10.9 Å². The minimum atomic E-state index is -1.15. The van der Waals surface area contributed by atoms with Gasteiger partial charge in [0.2, 0.25) is 5.88 Å². The molecule has 234 valence electrons. The van der Waals surface area contributed by atoms with Gasteiger partial charge in [0.15, 0.2) is 5.82 Å². The molecule has 2 aromatic rings. The van der Waals surface area contributed by atoms with Gasteiger partial charge < -0.3 is 19.7 Å². The third kappa shape index (κ3) is 4.05. The van der Waals surface area contributed by atoms with Crippen LogP contribution >= 0.6 is 0 Å². The maximum atomic E-state index is 16.9. The first-order chi connectivity index (χ1) is 21.8. The molecule has 10 nitrogen and oxygen atoms in total. The number of allylic oxidation sites excluding steroid dienone is 4. The second kappa shape index (κ2) is 9.83. The van der Waals surface area contributed by atoms with Crippen molar-refractivity contribution in [1.82, 2.24) is 25.2 Å². The quantitative estimate of drug-likeness (QED) is 0.550. The minimum absolute atomic E-state index is 0.0425. The number of aliphatic imine (C=N–C) groups is 1. The number of amides is 1. The fraction of sp³-hybridized carbons (Fsp3) is 0.531. The van der Waals surface area contributed by atoms with Crippen LogP contribution in [0.4, 0.5) is 19.0 Å². The van der Waals surface area contributed by atoms with Crippen LogP contribution in [0.15, 0.2) is 34.6 Å². The van der Waals surface area contributed by atoms with E-state index in [1.807, 2.05) is 6.92 Å². The van der Waals surface area contributed by atoms with Crippen molar-refractivity contribution >= 4 is 34.4 Å². The summed E-state index contributed by atoms with van der Waals surface area (Å²) in [6.45, 7) is 3.90. The predicted molar refractivity (Wildman–Crippen MR) is 159 cm³/mol. The summed E-state index contributed by atoms with van der Waals surface area (Å²) in [5.41, 5.74) is -0.679. The average molecular weight is 620 g/mol. The van der Waals surface area contributed by atoms with E-state index in [4.69, 9.17) is 14.5 Å². The Morgan fingerprint density at radius 1 is 1.18 bits per heavy atom. The average Bonchev–Trinajstić information content (AvgIpc) is 3.66. The van der Waals surface area contributed by atoms with Gasteiger partial charge in [0.25, 0.3) is 5.91 Å². The molecule has 2 bridgehead atoms. The van der Waals surface area contributed by atoms with Crippen LogP contribution in [0.5, 0.6) is 11.9 Å². The molecule has 1 unspecified atom stereocenters. The third-order valence-corrected chi connectivity index (χ3v) is 10.7. The van der Waals surface area contributed by atoms with Gasteiger partial charge in [-0.05, 0) is 56.9 Å². The number of pyridine rings is 1.